The molecule has 0 N–H and O–H groups in total. The van der Waals surface area contributed by atoms with Gasteiger partial charge in [0, 0.05) is 4.47 Å². The average molecular weight is 599 g/mol. The summed E-state index contributed by atoms with van der Waals surface area (Å²) in [6.07, 6.45) is -0.937. The van der Waals surface area contributed by atoms with E-state index in [9.17, 15) is 9.59 Å². The number of halogens is 1. The second-order valence-corrected chi connectivity index (χ2v) is 10.6. The van der Waals surface area contributed by atoms with Gasteiger partial charge in [-0.1, -0.05) is 94.8 Å². The number of rotatable bonds is 8. The number of amides is 2. The van der Waals surface area contributed by atoms with Crippen molar-refractivity contribution < 1.29 is 23.9 Å². The summed E-state index contributed by atoms with van der Waals surface area (Å²) < 4.78 is 12.5. The topological polar surface area (TPSA) is 68.3 Å². The fourth-order valence-electron chi connectivity index (χ4n) is 5.29. The van der Waals surface area contributed by atoms with Crippen molar-refractivity contribution >= 4 is 33.4 Å². The minimum atomic E-state index is -0.937. The van der Waals surface area contributed by atoms with Gasteiger partial charge < -0.3 is 9.47 Å². The molecule has 40 heavy (non-hydrogen) atoms. The first-order valence-electron chi connectivity index (χ1n) is 13.0. The smallest absolute Gasteiger partial charge is 0.262 e. The molecule has 6 rings (SSSR count). The van der Waals surface area contributed by atoms with Crippen molar-refractivity contribution in [3.8, 4) is 11.5 Å². The summed E-state index contributed by atoms with van der Waals surface area (Å²) >= 11 is 3.72. The molecule has 2 fully saturated rings. The van der Waals surface area contributed by atoms with Crippen LogP contribution in [0.2, 0.25) is 0 Å². The molecule has 2 aliphatic rings. The number of methoxy groups -OCH3 is 1. The molecular formula is C32H27BrN2O5. The Kier molecular flexibility index (Phi) is 7.28. The number of fused-ring (bicyclic) bond motifs is 1. The molecule has 4 aromatic carbocycles. The van der Waals surface area contributed by atoms with Gasteiger partial charge >= 0.3 is 0 Å². The van der Waals surface area contributed by atoms with Gasteiger partial charge in [0.25, 0.3) is 5.91 Å². The zero-order valence-corrected chi connectivity index (χ0v) is 23.4. The third-order valence-electron chi connectivity index (χ3n) is 7.24. The Morgan fingerprint density at radius 3 is 2.08 bits per heavy atom. The second-order valence-electron chi connectivity index (χ2n) is 9.71. The predicted octanol–water partition coefficient (Wildman–Crippen LogP) is 6.08. The molecule has 3 atom stereocenters. The number of hydrogen-bond acceptors (Lipinski definition) is 6. The van der Waals surface area contributed by atoms with E-state index in [0.29, 0.717) is 22.6 Å². The van der Waals surface area contributed by atoms with E-state index in [1.54, 1.807) is 12.2 Å². The lowest BCUT2D eigenvalue weighted by atomic mass is 9.90. The lowest BCUT2D eigenvalue weighted by Crippen LogP contribution is -2.37. The van der Waals surface area contributed by atoms with Gasteiger partial charge in [0.2, 0.25) is 5.91 Å². The SMILES string of the molecule is COc1cc([C@@H]2[C@H]3C(=O)N(Cc4ccccc4)C(=O)[C@@H]3ON2c2ccccc2)c(Br)cc1OCc1ccccc1. The first kappa shape index (κ1) is 26.1. The number of carbonyl (C=O) groups is 2. The van der Waals surface area contributed by atoms with Crippen LogP contribution in [0.5, 0.6) is 11.5 Å². The van der Waals surface area contributed by atoms with Crippen LogP contribution in [0.1, 0.15) is 22.7 Å². The summed E-state index contributed by atoms with van der Waals surface area (Å²) in [5.41, 5.74) is 3.40. The zero-order chi connectivity index (χ0) is 27.6. The summed E-state index contributed by atoms with van der Waals surface area (Å²) in [5.74, 6) is -0.272. The molecule has 7 nitrogen and oxygen atoms in total. The van der Waals surface area contributed by atoms with Crippen LogP contribution < -0.4 is 14.5 Å². The van der Waals surface area contributed by atoms with Crippen molar-refractivity contribution in [1.29, 1.82) is 0 Å². The largest absolute Gasteiger partial charge is 0.493 e. The Morgan fingerprint density at radius 2 is 1.43 bits per heavy atom. The van der Waals surface area contributed by atoms with Crippen LogP contribution in [0.3, 0.4) is 0 Å². The number of nitrogens with zero attached hydrogens (tertiary/aromatic N) is 2. The molecule has 0 bridgehead atoms. The molecular weight excluding hydrogens is 572 g/mol. The minimum absolute atomic E-state index is 0.198. The third kappa shape index (κ3) is 4.85. The molecule has 0 saturated carbocycles. The third-order valence-corrected chi connectivity index (χ3v) is 7.93. The molecule has 2 aliphatic heterocycles. The molecule has 2 saturated heterocycles. The number of para-hydroxylation sites is 1. The summed E-state index contributed by atoms with van der Waals surface area (Å²) in [5, 5.41) is 1.68. The van der Waals surface area contributed by atoms with Crippen LogP contribution in [0, 0.1) is 5.92 Å². The Morgan fingerprint density at radius 1 is 0.800 bits per heavy atom. The molecule has 0 radical (unpaired) electrons. The maximum atomic E-state index is 13.9. The van der Waals surface area contributed by atoms with E-state index in [0.717, 1.165) is 22.4 Å². The van der Waals surface area contributed by atoms with Gasteiger partial charge in [-0.2, -0.15) is 0 Å². The van der Waals surface area contributed by atoms with Gasteiger partial charge in [0.1, 0.15) is 12.5 Å². The van der Waals surface area contributed by atoms with Gasteiger partial charge in [-0.25, -0.2) is 5.06 Å². The molecule has 2 heterocycles. The maximum absolute atomic E-state index is 13.9. The zero-order valence-electron chi connectivity index (χ0n) is 21.8. The van der Waals surface area contributed by atoms with Crippen LogP contribution >= 0.6 is 15.9 Å². The number of carbonyl (C=O) groups excluding carboxylic acids is 2. The van der Waals surface area contributed by atoms with Crippen molar-refractivity contribution in [2.24, 2.45) is 5.92 Å². The Balaban J connectivity index is 1.37. The molecule has 2 amide bonds. The van der Waals surface area contributed by atoms with Crippen molar-refractivity contribution in [2.45, 2.75) is 25.3 Å². The van der Waals surface area contributed by atoms with E-state index in [4.69, 9.17) is 14.3 Å². The molecule has 202 valence electrons. The first-order valence-corrected chi connectivity index (χ1v) is 13.8. The minimum Gasteiger partial charge on any atom is -0.493 e. The molecule has 0 aromatic heterocycles. The number of likely N-dealkylation sites (tertiary alicyclic amines) is 1. The molecule has 0 unspecified atom stereocenters. The second kappa shape index (κ2) is 11.2. The Labute approximate surface area is 241 Å². The van der Waals surface area contributed by atoms with Crippen LogP contribution in [0.4, 0.5) is 5.69 Å². The van der Waals surface area contributed by atoms with Crippen LogP contribution in [-0.4, -0.2) is 29.9 Å². The van der Waals surface area contributed by atoms with Gasteiger partial charge in [-0.15, -0.1) is 0 Å². The molecule has 8 heteroatoms. The maximum Gasteiger partial charge on any atom is 0.262 e. The summed E-state index contributed by atoms with van der Waals surface area (Å²) in [6, 6.07) is 32.0. The van der Waals surface area contributed by atoms with Crippen molar-refractivity contribution in [1.82, 2.24) is 4.90 Å². The van der Waals surface area contributed by atoms with Gasteiger partial charge in [0.05, 0.1) is 25.4 Å². The highest BCUT2D eigenvalue weighted by Crippen LogP contribution is 2.50. The Hall–Kier alpha value is -4.14. The number of anilines is 1. The normalized spacial score (nSPS) is 20.1. The van der Waals surface area contributed by atoms with Gasteiger partial charge in [-0.3, -0.25) is 19.3 Å². The average Bonchev–Trinajstić information content (AvgIpc) is 3.49. The van der Waals surface area contributed by atoms with Gasteiger partial charge in [0.15, 0.2) is 17.6 Å². The van der Waals surface area contributed by atoms with Crippen LogP contribution in [-0.2, 0) is 27.6 Å². The van der Waals surface area contributed by atoms with E-state index < -0.39 is 18.1 Å². The fourth-order valence-corrected chi connectivity index (χ4v) is 5.85. The predicted molar refractivity (Wildman–Crippen MR) is 153 cm³/mol. The van der Waals surface area contributed by atoms with Crippen LogP contribution in [0.25, 0.3) is 0 Å². The lowest BCUT2D eigenvalue weighted by Gasteiger charge is -2.30. The fraction of sp³-hybridized carbons (Fsp3) is 0.188. The molecule has 0 spiro atoms. The van der Waals surface area contributed by atoms with Crippen molar-refractivity contribution in [3.05, 3.63) is 124 Å². The number of ether oxygens (including phenoxy) is 2. The quantitative estimate of drug-likeness (QED) is 0.229. The summed E-state index contributed by atoms with van der Waals surface area (Å²) in [4.78, 5) is 35.0. The number of imide groups is 1. The first-order chi connectivity index (χ1) is 19.5. The highest BCUT2D eigenvalue weighted by atomic mass is 79.9. The number of benzene rings is 4. The monoisotopic (exact) mass is 598 g/mol. The van der Waals surface area contributed by atoms with Gasteiger partial charge in [-0.05, 0) is 41.0 Å². The van der Waals surface area contributed by atoms with Crippen molar-refractivity contribution in [2.75, 3.05) is 12.2 Å². The standard InChI is InChI=1S/C32H27BrN2O5/c1-38-26-17-24(25(33)18-27(26)39-20-22-13-7-3-8-14-22)29-28-30(40-35(29)23-15-9-4-10-16-23)32(37)34(31(28)36)19-21-11-5-2-6-12-21/h2-18,28-30H,19-20H2,1H3/t28-,29-,30-/m1/s1. The van der Waals surface area contributed by atoms with E-state index in [-0.39, 0.29) is 18.4 Å². The number of hydrogen-bond donors (Lipinski definition) is 0. The highest BCUT2D eigenvalue weighted by molar-refractivity contribution is 9.10. The lowest BCUT2D eigenvalue weighted by molar-refractivity contribution is -0.143. The Bertz CT molecular complexity index is 1520. The molecule has 4 aromatic rings. The summed E-state index contributed by atoms with van der Waals surface area (Å²) in [7, 11) is 1.58. The van der Waals surface area contributed by atoms with E-state index in [2.05, 4.69) is 15.9 Å². The van der Waals surface area contributed by atoms with Crippen molar-refractivity contribution in [3.63, 3.8) is 0 Å². The van der Waals surface area contributed by atoms with E-state index in [1.807, 2.05) is 103 Å². The van der Waals surface area contributed by atoms with E-state index >= 15 is 0 Å². The molecule has 0 aliphatic carbocycles. The van der Waals surface area contributed by atoms with E-state index in [1.165, 1.54) is 4.90 Å². The summed E-state index contributed by atoms with van der Waals surface area (Å²) in [6.45, 7) is 0.571. The highest BCUT2D eigenvalue weighted by Gasteiger charge is 2.60. The van der Waals surface area contributed by atoms with Crippen LogP contribution in [0.15, 0.2) is 108 Å². The number of hydroxylamine groups is 1.